The number of anilines is 1. The van der Waals surface area contributed by atoms with Gasteiger partial charge in [-0.25, -0.2) is 9.29 Å². The number of thiazole rings is 1. The van der Waals surface area contributed by atoms with Gasteiger partial charge >= 0.3 is 0 Å². The van der Waals surface area contributed by atoms with Gasteiger partial charge in [0.25, 0.3) is 0 Å². The number of likely N-dealkylation sites (N-methyl/N-ethyl adjacent to an activating group) is 1. The molecule has 2 aromatic heterocycles. The van der Waals surface area contributed by atoms with Gasteiger partial charge in [0.2, 0.25) is 0 Å². The van der Waals surface area contributed by atoms with E-state index in [9.17, 15) is 3.89 Å². The highest BCUT2D eigenvalue weighted by atomic mass is 32.2. The van der Waals surface area contributed by atoms with Crippen LogP contribution in [0.4, 0.5) is 9.02 Å². The van der Waals surface area contributed by atoms with E-state index >= 15 is 0 Å². The average molecular weight is 441 g/mol. The molecule has 5 rings (SSSR count). The number of H-pyrrole nitrogens is 1. The number of nitrogens with zero attached hydrogens (tertiary/aromatic N) is 3. The number of nitrogens with one attached hydrogen (secondary N) is 1. The van der Waals surface area contributed by atoms with Crippen LogP contribution in [0, 0.1) is 13.8 Å². The number of aryl methyl sites for hydroxylation is 2. The number of hydrogen-bond donors (Lipinski definition) is 1. The lowest BCUT2D eigenvalue weighted by molar-refractivity contribution is 0.354. The van der Waals surface area contributed by atoms with E-state index in [0.29, 0.717) is 12.3 Å². The standard InChI is InChI=1S/C23H25FN4S2/c1-13-5-7-18-16(9-13)22-17(15(3)27(4)30-24)11-28(12-20(22)25-18)23-26-19-8-6-14(2)10-21(19)29-23/h5-10,15,17,25H,11-12H2,1-4H3. The van der Waals surface area contributed by atoms with Crippen LogP contribution in [0.5, 0.6) is 0 Å². The molecular formula is C23H25FN4S2. The largest absolute Gasteiger partial charge is 0.357 e. The molecule has 0 bridgehead atoms. The predicted molar refractivity (Wildman–Crippen MR) is 127 cm³/mol. The SMILES string of the molecule is Cc1ccc2nc(N3Cc4[nH]c5ccc(C)cc5c4C(C(C)N(C)SF)C3)sc2c1. The molecule has 1 N–H and O–H groups in total. The minimum Gasteiger partial charge on any atom is -0.357 e. The molecule has 156 valence electrons. The Morgan fingerprint density at radius 2 is 2.00 bits per heavy atom. The molecule has 2 aromatic carbocycles. The van der Waals surface area contributed by atoms with Crippen molar-refractivity contribution in [3.8, 4) is 0 Å². The summed E-state index contributed by atoms with van der Waals surface area (Å²) in [5, 5.41) is 2.29. The van der Waals surface area contributed by atoms with Gasteiger partial charge in [0.15, 0.2) is 5.13 Å². The Labute approximate surface area is 184 Å². The van der Waals surface area contributed by atoms with Crippen LogP contribution in [0.25, 0.3) is 21.1 Å². The maximum Gasteiger partial charge on any atom is 0.186 e. The molecule has 0 amide bonds. The van der Waals surface area contributed by atoms with E-state index < -0.39 is 0 Å². The van der Waals surface area contributed by atoms with Crippen molar-refractivity contribution in [2.24, 2.45) is 0 Å². The molecule has 4 nitrogen and oxygen atoms in total. The third-order valence-corrected chi connectivity index (χ3v) is 7.91. The first-order chi connectivity index (χ1) is 14.4. The van der Waals surface area contributed by atoms with E-state index in [2.05, 4.69) is 67.1 Å². The van der Waals surface area contributed by atoms with Crippen molar-refractivity contribution >= 4 is 49.9 Å². The van der Waals surface area contributed by atoms with E-state index in [1.54, 1.807) is 15.6 Å². The van der Waals surface area contributed by atoms with Gasteiger partial charge in [0, 0.05) is 42.1 Å². The van der Waals surface area contributed by atoms with Crippen molar-refractivity contribution in [2.45, 2.75) is 39.3 Å². The topological polar surface area (TPSA) is 35.2 Å². The van der Waals surface area contributed by atoms with Crippen LogP contribution >= 0.6 is 23.7 Å². The van der Waals surface area contributed by atoms with Crippen molar-refractivity contribution in [1.29, 1.82) is 0 Å². The summed E-state index contributed by atoms with van der Waals surface area (Å²) in [5.41, 5.74) is 7.23. The summed E-state index contributed by atoms with van der Waals surface area (Å²) in [6.07, 6.45) is 0. The number of benzene rings is 2. The van der Waals surface area contributed by atoms with Gasteiger partial charge in [-0.15, -0.1) is 3.89 Å². The van der Waals surface area contributed by atoms with Gasteiger partial charge in [0.05, 0.1) is 16.8 Å². The summed E-state index contributed by atoms with van der Waals surface area (Å²) >= 11 is 2.04. The molecular weight excluding hydrogens is 415 g/mol. The highest BCUT2D eigenvalue weighted by Crippen LogP contribution is 2.42. The Kier molecular flexibility index (Phi) is 5.00. The molecule has 4 aromatic rings. The lowest BCUT2D eigenvalue weighted by Crippen LogP contribution is -2.41. The van der Waals surface area contributed by atoms with E-state index in [0.717, 1.165) is 29.3 Å². The van der Waals surface area contributed by atoms with Crippen molar-refractivity contribution in [2.75, 3.05) is 18.5 Å². The molecule has 1 aliphatic rings. The van der Waals surface area contributed by atoms with Crippen LogP contribution in [0.2, 0.25) is 0 Å². The smallest absolute Gasteiger partial charge is 0.186 e. The van der Waals surface area contributed by atoms with Crippen molar-refractivity contribution < 1.29 is 3.89 Å². The van der Waals surface area contributed by atoms with Crippen LogP contribution in [0.3, 0.4) is 0 Å². The first kappa shape index (κ1) is 19.8. The fourth-order valence-corrected chi connectivity index (χ4v) is 5.87. The normalized spacial score (nSPS) is 17.8. The minimum atomic E-state index is 0.0395. The summed E-state index contributed by atoms with van der Waals surface area (Å²) < 4.78 is 16.4. The molecule has 30 heavy (non-hydrogen) atoms. The van der Waals surface area contributed by atoms with Crippen molar-refractivity contribution in [3.05, 3.63) is 58.8 Å². The van der Waals surface area contributed by atoms with Crippen LogP contribution in [0.1, 0.15) is 35.2 Å². The summed E-state index contributed by atoms with van der Waals surface area (Å²) in [6, 6.07) is 13.0. The Hall–Kier alpha value is -2.09. The lowest BCUT2D eigenvalue weighted by Gasteiger charge is -2.38. The summed E-state index contributed by atoms with van der Waals surface area (Å²) in [7, 11) is 1.83. The predicted octanol–water partition coefficient (Wildman–Crippen LogP) is 6.35. The van der Waals surface area contributed by atoms with Crippen molar-refractivity contribution in [3.63, 3.8) is 0 Å². The number of rotatable bonds is 4. The monoisotopic (exact) mass is 440 g/mol. The molecule has 0 spiro atoms. The van der Waals surface area contributed by atoms with Crippen LogP contribution in [-0.4, -0.2) is 33.9 Å². The quantitative estimate of drug-likeness (QED) is 0.375. The number of fused-ring (bicyclic) bond motifs is 4. The zero-order valence-corrected chi connectivity index (χ0v) is 19.2. The summed E-state index contributed by atoms with van der Waals surface area (Å²) in [4.78, 5) is 10.9. The van der Waals surface area contributed by atoms with Gasteiger partial charge in [-0.2, -0.15) is 0 Å². The molecule has 0 saturated carbocycles. The van der Waals surface area contributed by atoms with E-state index in [-0.39, 0.29) is 12.0 Å². The molecule has 2 unspecified atom stereocenters. The third kappa shape index (κ3) is 3.29. The molecule has 0 radical (unpaired) electrons. The van der Waals surface area contributed by atoms with E-state index in [1.165, 1.54) is 32.5 Å². The third-order valence-electron chi connectivity index (χ3n) is 6.28. The molecule has 3 heterocycles. The highest BCUT2D eigenvalue weighted by molar-refractivity contribution is 7.91. The fraction of sp³-hybridized carbons (Fsp3) is 0.348. The van der Waals surface area contributed by atoms with E-state index in [4.69, 9.17) is 4.98 Å². The Balaban J connectivity index is 1.62. The van der Waals surface area contributed by atoms with Gasteiger partial charge in [-0.05, 0) is 56.2 Å². The average Bonchev–Trinajstić information content (AvgIpc) is 3.32. The van der Waals surface area contributed by atoms with Crippen LogP contribution < -0.4 is 4.90 Å². The number of aromatic nitrogens is 2. The minimum absolute atomic E-state index is 0.0395. The summed E-state index contributed by atoms with van der Waals surface area (Å²) in [6.45, 7) is 7.96. The number of aromatic amines is 1. The number of halogens is 1. The summed E-state index contributed by atoms with van der Waals surface area (Å²) in [5.74, 6) is 0.172. The van der Waals surface area contributed by atoms with Gasteiger partial charge in [-0.1, -0.05) is 29.0 Å². The Morgan fingerprint density at radius 1 is 1.23 bits per heavy atom. The molecule has 7 heteroatoms. The first-order valence-electron chi connectivity index (χ1n) is 10.2. The molecule has 0 aliphatic carbocycles. The second-order valence-electron chi connectivity index (χ2n) is 8.38. The molecule has 2 atom stereocenters. The fourth-order valence-electron chi connectivity index (χ4n) is 4.53. The molecule has 0 fully saturated rings. The molecule has 0 saturated heterocycles. The van der Waals surface area contributed by atoms with Gasteiger partial charge in [0.1, 0.15) is 12.3 Å². The first-order valence-corrected chi connectivity index (χ1v) is 11.7. The maximum atomic E-state index is 13.5. The van der Waals surface area contributed by atoms with Crippen LogP contribution in [-0.2, 0) is 6.54 Å². The molecule has 1 aliphatic heterocycles. The highest BCUT2D eigenvalue weighted by Gasteiger charge is 2.35. The zero-order chi connectivity index (χ0) is 21.0. The second kappa shape index (κ2) is 7.55. The van der Waals surface area contributed by atoms with E-state index in [1.807, 2.05) is 7.05 Å². The maximum absolute atomic E-state index is 13.5. The Morgan fingerprint density at radius 3 is 2.80 bits per heavy atom. The van der Waals surface area contributed by atoms with Gasteiger partial charge in [-0.3, -0.25) is 0 Å². The van der Waals surface area contributed by atoms with Crippen LogP contribution in [0.15, 0.2) is 36.4 Å². The second-order valence-corrected chi connectivity index (χ2v) is 10.1. The van der Waals surface area contributed by atoms with Crippen molar-refractivity contribution in [1.82, 2.24) is 14.3 Å². The van der Waals surface area contributed by atoms with Gasteiger partial charge < -0.3 is 9.88 Å². The zero-order valence-electron chi connectivity index (χ0n) is 17.6. The number of hydrogen-bond acceptors (Lipinski definition) is 5. The lowest BCUT2D eigenvalue weighted by atomic mass is 9.86. The Bertz CT molecular complexity index is 1230.